The summed E-state index contributed by atoms with van der Waals surface area (Å²) in [5, 5.41) is 10.1. The summed E-state index contributed by atoms with van der Waals surface area (Å²) in [6, 6.07) is 9.82. The minimum atomic E-state index is -0.0182. The number of nitrogens with zero attached hydrogens (tertiary/aromatic N) is 2. The van der Waals surface area contributed by atoms with Gasteiger partial charge in [-0.25, -0.2) is 4.68 Å². The molecule has 0 bridgehead atoms. The third-order valence-corrected chi connectivity index (χ3v) is 3.30. The van der Waals surface area contributed by atoms with Crippen LogP contribution in [0.3, 0.4) is 0 Å². The highest BCUT2D eigenvalue weighted by molar-refractivity contribution is 9.10. The molecule has 1 aromatic heterocycles. The summed E-state index contributed by atoms with van der Waals surface area (Å²) >= 11 is 3.45. The van der Waals surface area contributed by atoms with Crippen molar-refractivity contribution >= 4 is 40.1 Å². The van der Waals surface area contributed by atoms with E-state index in [0.29, 0.717) is 25.3 Å². The van der Waals surface area contributed by atoms with Crippen molar-refractivity contribution in [2.45, 2.75) is 13.0 Å². The van der Waals surface area contributed by atoms with Gasteiger partial charge in [0, 0.05) is 23.5 Å². The third-order valence-electron chi connectivity index (χ3n) is 2.81. The molecular formula is C14H18BrClN4O. The normalized spacial score (nSPS) is 10.0. The van der Waals surface area contributed by atoms with Crippen molar-refractivity contribution in [1.29, 1.82) is 0 Å². The molecule has 0 aliphatic carbocycles. The topological polar surface area (TPSA) is 59.0 Å². The molecule has 1 heterocycles. The highest BCUT2D eigenvalue weighted by Crippen LogP contribution is 2.15. The summed E-state index contributed by atoms with van der Waals surface area (Å²) in [4.78, 5) is 11.7. The van der Waals surface area contributed by atoms with Crippen LogP contribution in [0.4, 0.5) is 5.82 Å². The molecule has 21 heavy (non-hydrogen) atoms. The van der Waals surface area contributed by atoms with E-state index in [1.54, 1.807) is 16.9 Å². The average Bonchev–Trinajstić information content (AvgIpc) is 2.83. The molecule has 0 atom stereocenters. The van der Waals surface area contributed by atoms with Crippen molar-refractivity contribution in [2.24, 2.45) is 0 Å². The van der Waals surface area contributed by atoms with Gasteiger partial charge in [-0.1, -0.05) is 28.1 Å². The van der Waals surface area contributed by atoms with Crippen LogP contribution in [0.25, 0.3) is 0 Å². The maximum Gasteiger partial charge on any atom is 0.226 e. The Morgan fingerprint density at radius 2 is 2.19 bits per heavy atom. The van der Waals surface area contributed by atoms with Crippen LogP contribution in [-0.2, 0) is 11.3 Å². The fraction of sp³-hybridized carbons (Fsp3) is 0.286. The lowest BCUT2D eigenvalue weighted by atomic mass is 10.2. The number of nitrogens with one attached hydrogen (secondary N) is 2. The van der Waals surface area contributed by atoms with Crippen molar-refractivity contribution in [3.8, 4) is 0 Å². The Morgan fingerprint density at radius 1 is 1.38 bits per heavy atom. The number of anilines is 1. The number of aromatic nitrogens is 2. The second-order valence-corrected chi connectivity index (χ2v) is 5.32. The first-order valence-corrected chi connectivity index (χ1v) is 7.19. The molecule has 1 amide bonds. The predicted molar refractivity (Wildman–Crippen MR) is 89.9 cm³/mol. The Hall–Kier alpha value is -1.37. The van der Waals surface area contributed by atoms with Crippen molar-refractivity contribution in [3.05, 3.63) is 46.6 Å². The maximum atomic E-state index is 11.7. The summed E-state index contributed by atoms with van der Waals surface area (Å²) < 4.78 is 2.81. The van der Waals surface area contributed by atoms with E-state index in [-0.39, 0.29) is 18.3 Å². The average molecular weight is 374 g/mol. The molecule has 2 aromatic rings. The van der Waals surface area contributed by atoms with Crippen molar-refractivity contribution in [1.82, 2.24) is 15.1 Å². The largest absolute Gasteiger partial charge is 0.319 e. The second-order valence-electron chi connectivity index (χ2n) is 4.41. The molecule has 114 valence electrons. The number of hydrogen-bond acceptors (Lipinski definition) is 3. The molecule has 0 unspecified atom stereocenters. The van der Waals surface area contributed by atoms with Gasteiger partial charge < -0.3 is 10.6 Å². The van der Waals surface area contributed by atoms with Crippen molar-refractivity contribution in [2.75, 3.05) is 18.9 Å². The van der Waals surface area contributed by atoms with Gasteiger partial charge in [0.25, 0.3) is 0 Å². The number of halogens is 2. The molecule has 7 heteroatoms. The predicted octanol–water partition coefficient (Wildman–Crippen LogP) is 2.66. The first-order valence-electron chi connectivity index (χ1n) is 6.40. The molecule has 0 aliphatic heterocycles. The molecule has 0 radical (unpaired) electrons. The quantitative estimate of drug-likeness (QED) is 0.818. The smallest absolute Gasteiger partial charge is 0.226 e. The Balaban J connectivity index is 0.00000220. The zero-order valence-electron chi connectivity index (χ0n) is 11.7. The van der Waals surface area contributed by atoms with E-state index in [2.05, 4.69) is 31.7 Å². The molecule has 0 spiro atoms. The van der Waals surface area contributed by atoms with Gasteiger partial charge in [-0.15, -0.1) is 12.4 Å². The SMILES string of the molecule is CNCCC(=O)Nc1ccnn1Cc1cccc(Br)c1.Cl. The summed E-state index contributed by atoms with van der Waals surface area (Å²) in [6.07, 6.45) is 2.13. The first-order chi connectivity index (χ1) is 9.69. The first kappa shape index (κ1) is 17.7. The van der Waals surface area contributed by atoms with Crippen LogP contribution in [0.1, 0.15) is 12.0 Å². The molecule has 0 saturated carbocycles. The zero-order chi connectivity index (χ0) is 14.4. The molecule has 0 saturated heterocycles. The lowest BCUT2D eigenvalue weighted by Crippen LogP contribution is -2.20. The minimum absolute atomic E-state index is 0. The monoisotopic (exact) mass is 372 g/mol. The summed E-state index contributed by atoms with van der Waals surface area (Å²) in [5.41, 5.74) is 1.12. The van der Waals surface area contributed by atoms with E-state index >= 15 is 0 Å². The molecular weight excluding hydrogens is 356 g/mol. The number of carbonyl (C=O) groups is 1. The van der Waals surface area contributed by atoms with Crippen molar-refractivity contribution in [3.63, 3.8) is 0 Å². The lowest BCUT2D eigenvalue weighted by molar-refractivity contribution is -0.116. The van der Waals surface area contributed by atoms with Crippen LogP contribution in [-0.4, -0.2) is 29.3 Å². The number of amides is 1. The highest BCUT2D eigenvalue weighted by atomic mass is 79.9. The molecule has 5 nitrogen and oxygen atoms in total. The van der Waals surface area contributed by atoms with Gasteiger partial charge in [-0.05, 0) is 24.7 Å². The Labute approximate surface area is 138 Å². The molecule has 2 N–H and O–H groups in total. The summed E-state index contributed by atoms with van der Waals surface area (Å²) in [5.74, 6) is 0.696. The Kier molecular flexibility index (Phi) is 7.42. The van der Waals surface area contributed by atoms with E-state index in [4.69, 9.17) is 0 Å². The molecule has 2 rings (SSSR count). The Morgan fingerprint density at radius 3 is 2.90 bits per heavy atom. The van der Waals surface area contributed by atoms with E-state index in [1.165, 1.54) is 0 Å². The molecule has 0 fully saturated rings. The van der Waals surface area contributed by atoms with Crippen LogP contribution < -0.4 is 10.6 Å². The Bertz CT molecular complexity index is 588. The van der Waals surface area contributed by atoms with E-state index in [9.17, 15) is 4.79 Å². The molecule has 1 aromatic carbocycles. The van der Waals surface area contributed by atoms with Gasteiger partial charge in [-0.2, -0.15) is 5.10 Å². The number of rotatable bonds is 6. The van der Waals surface area contributed by atoms with Crippen LogP contribution in [0.15, 0.2) is 41.0 Å². The van der Waals surface area contributed by atoms with Crippen LogP contribution >= 0.6 is 28.3 Å². The van der Waals surface area contributed by atoms with Gasteiger partial charge in [0.2, 0.25) is 5.91 Å². The summed E-state index contributed by atoms with van der Waals surface area (Å²) in [6.45, 7) is 1.28. The fourth-order valence-electron chi connectivity index (χ4n) is 1.82. The van der Waals surface area contributed by atoms with Gasteiger partial charge in [0.1, 0.15) is 5.82 Å². The standard InChI is InChI=1S/C14H17BrN4O.ClH/c1-16-7-6-14(20)18-13-5-8-17-19(13)10-11-3-2-4-12(15)9-11;/h2-5,8-9,16H,6-7,10H2,1H3,(H,18,20);1H. The number of benzene rings is 1. The van der Waals surface area contributed by atoms with Gasteiger partial charge in [-0.3, -0.25) is 4.79 Å². The highest BCUT2D eigenvalue weighted by Gasteiger charge is 2.07. The van der Waals surface area contributed by atoms with Crippen molar-refractivity contribution < 1.29 is 4.79 Å². The van der Waals surface area contributed by atoms with Crippen LogP contribution in [0.5, 0.6) is 0 Å². The van der Waals surface area contributed by atoms with Gasteiger partial charge in [0.05, 0.1) is 12.7 Å². The van der Waals surface area contributed by atoms with E-state index < -0.39 is 0 Å². The summed E-state index contributed by atoms with van der Waals surface area (Å²) in [7, 11) is 1.82. The van der Waals surface area contributed by atoms with Crippen LogP contribution in [0, 0.1) is 0 Å². The van der Waals surface area contributed by atoms with Crippen LogP contribution in [0.2, 0.25) is 0 Å². The number of hydrogen-bond donors (Lipinski definition) is 2. The minimum Gasteiger partial charge on any atom is -0.319 e. The van der Waals surface area contributed by atoms with E-state index in [1.807, 2.05) is 31.3 Å². The van der Waals surface area contributed by atoms with E-state index in [0.717, 1.165) is 10.0 Å². The third kappa shape index (κ3) is 5.49. The fourth-order valence-corrected chi connectivity index (χ4v) is 2.26. The van der Waals surface area contributed by atoms with Gasteiger partial charge >= 0.3 is 0 Å². The second kappa shape index (κ2) is 8.81. The maximum absolute atomic E-state index is 11.7. The number of carbonyl (C=O) groups excluding carboxylic acids is 1. The molecule has 0 aliphatic rings. The zero-order valence-corrected chi connectivity index (χ0v) is 14.1. The van der Waals surface area contributed by atoms with Gasteiger partial charge in [0.15, 0.2) is 0 Å². The lowest BCUT2D eigenvalue weighted by Gasteiger charge is -2.09.